The van der Waals surface area contributed by atoms with Crippen LogP contribution in [-0.4, -0.2) is 34.6 Å². The van der Waals surface area contributed by atoms with Gasteiger partial charge in [-0.25, -0.2) is 9.37 Å². The summed E-state index contributed by atoms with van der Waals surface area (Å²) in [5.41, 5.74) is 1.17. The third kappa shape index (κ3) is 3.11. The number of hydrogen-bond donors (Lipinski definition) is 2. The molecular weight excluding hydrogens is 271 g/mol. The van der Waals surface area contributed by atoms with Gasteiger partial charge in [0.25, 0.3) is 5.91 Å². The number of nitrogens with one attached hydrogen (secondary N) is 2. The molecule has 0 bridgehead atoms. The normalized spacial score (nSPS) is 15.9. The van der Waals surface area contributed by atoms with Crippen LogP contribution in [0.25, 0.3) is 5.69 Å². The predicted octanol–water partition coefficient (Wildman–Crippen LogP) is 1.49. The number of carbonyl (C=O) groups excluding carboxylic acids is 1. The van der Waals surface area contributed by atoms with Gasteiger partial charge in [-0.2, -0.15) is 0 Å². The molecule has 2 heterocycles. The van der Waals surface area contributed by atoms with Crippen molar-refractivity contribution in [1.82, 2.24) is 20.2 Å². The molecule has 0 saturated carbocycles. The minimum absolute atomic E-state index is 0.149. The lowest BCUT2D eigenvalue weighted by atomic mass is 10.1. The number of nitrogens with zero attached hydrogens (tertiary/aromatic N) is 2. The zero-order valence-corrected chi connectivity index (χ0v) is 11.6. The quantitative estimate of drug-likeness (QED) is 0.899. The second-order valence-electron chi connectivity index (χ2n) is 5.12. The Hall–Kier alpha value is -2.21. The van der Waals surface area contributed by atoms with Gasteiger partial charge in [0.15, 0.2) is 0 Å². The zero-order chi connectivity index (χ0) is 14.7. The first kappa shape index (κ1) is 13.8. The van der Waals surface area contributed by atoms with Crippen LogP contribution in [0.3, 0.4) is 0 Å². The number of amides is 1. The van der Waals surface area contributed by atoms with Crippen molar-refractivity contribution in [2.45, 2.75) is 18.9 Å². The number of hydrogen-bond acceptors (Lipinski definition) is 3. The highest BCUT2D eigenvalue weighted by Gasteiger charge is 2.19. The molecule has 110 valence electrons. The van der Waals surface area contributed by atoms with Crippen molar-refractivity contribution >= 4 is 5.91 Å². The molecule has 0 unspecified atom stereocenters. The van der Waals surface area contributed by atoms with Crippen molar-refractivity contribution < 1.29 is 9.18 Å². The molecule has 2 aromatic rings. The van der Waals surface area contributed by atoms with Crippen LogP contribution in [0.1, 0.15) is 23.3 Å². The van der Waals surface area contributed by atoms with Gasteiger partial charge < -0.3 is 10.6 Å². The lowest BCUT2D eigenvalue weighted by molar-refractivity contribution is 0.0922. The summed E-state index contributed by atoms with van der Waals surface area (Å²) in [7, 11) is 0. The molecule has 1 aromatic carbocycles. The molecule has 1 fully saturated rings. The highest BCUT2D eigenvalue weighted by atomic mass is 19.1. The number of imidazole rings is 1. The van der Waals surface area contributed by atoms with E-state index in [9.17, 15) is 9.18 Å². The van der Waals surface area contributed by atoms with E-state index in [2.05, 4.69) is 15.6 Å². The highest BCUT2D eigenvalue weighted by Crippen LogP contribution is 2.13. The van der Waals surface area contributed by atoms with Crippen LogP contribution in [0.4, 0.5) is 4.39 Å². The van der Waals surface area contributed by atoms with E-state index in [1.165, 1.54) is 18.3 Å². The second-order valence-corrected chi connectivity index (χ2v) is 5.12. The molecule has 1 aliphatic rings. The van der Waals surface area contributed by atoms with E-state index in [4.69, 9.17) is 0 Å². The van der Waals surface area contributed by atoms with E-state index in [1.807, 2.05) is 0 Å². The Morgan fingerprint density at radius 1 is 1.29 bits per heavy atom. The molecule has 1 aliphatic heterocycles. The van der Waals surface area contributed by atoms with Gasteiger partial charge in [0.1, 0.15) is 11.5 Å². The van der Waals surface area contributed by atoms with Crippen LogP contribution in [0.5, 0.6) is 0 Å². The monoisotopic (exact) mass is 288 g/mol. The van der Waals surface area contributed by atoms with Gasteiger partial charge in [0, 0.05) is 11.7 Å². The largest absolute Gasteiger partial charge is 0.348 e. The Kier molecular flexibility index (Phi) is 3.96. The van der Waals surface area contributed by atoms with E-state index in [0.29, 0.717) is 11.4 Å². The Bertz CT molecular complexity index is 617. The molecule has 1 amide bonds. The maximum absolute atomic E-state index is 13.0. The fourth-order valence-corrected chi connectivity index (χ4v) is 2.50. The Labute approximate surface area is 122 Å². The number of carbonyl (C=O) groups is 1. The number of benzene rings is 1. The molecule has 2 N–H and O–H groups in total. The van der Waals surface area contributed by atoms with Gasteiger partial charge in [-0.05, 0) is 50.2 Å². The van der Waals surface area contributed by atoms with Crippen LogP contribution in [0.2, 0.25) is 0 Å². The van der Waals surface area contributed by atoms with Crippen molar-refractivity contribution in [2.75, 3.05) is 13.1 Å². The summed E-state index contributed by atoms with van der Waals surface area (Å²) in [5.74, 6) is -0.455. The van der Waals surface area contributed by atoms with Crippen LogP contribution in [0.15, 0.2) is 36.8 Å². The van der Waals surface area contributed by atoms with Crippen molar-refractivity contribution in [1.29, 1.82) is 0 Å². The molecular formula is C15H17FN4O. The van der Waals surface area contributed by atoms with E-state index >= 15 is 0 Å². The van der Waals surface area contributed by atoms with Crippen LogP contribution < -0.4 is 10.6 Å². The maximum Gasteiger partial charge on any atom is 0.270 e. The summed E-state index contributed by atoms with van der Waals surface area (Å²) in [4.78, 5) is 16.4. The standard InChI is InChI=1S/C15H17FN4O/c16-11-1-3-13(4-2-11)20-10-18-9-14(20)15(21)19-12-5-7-17-8-6-12/h1-4,9-10,12,17H,5-8H2,(H,19,21). The SMILES string of the molecule is O=C(NC1CCNCC1)c1cncn1-c1ccc(F)cc1. The van der Waals surface area contributed by atoms with Crippen molar-refractivity contribution in [2.24, 2.45) is 0 Å². The number of rotatable bonds is 3. The molecule has 21 heavy (non-hydrogen) atoms. The summed E-state index contributed by atoms with van der Waals surface area (Å²) in [6, 6.07) is 6.17. The molecule has 1 saturated heterocycles. The van der Waals surface area contributed by atoms with Crippen molar-refractivity contribution in [3.63, 3.8) is 0 Å². The fraction of sp³-hybridized carbons (Fsp3) is 0.333. The van der Waals surface area contributed by atoms with E-state index < -0.39 is 0 Å². The Morgan fingerprint density at radius 2 is 2.00 bits per heavy atom. The number of halogens is 1. The second kappa shape index (κ2) is 6.05. The van der Waals surface area contributed by atoms with Gasteiger partial charge in [0.05, 0.1) is 12.5 Å². The van der Waals surface area contributed by atoms with Crippen LogP contribution >= 0.6 is 0 Å². The van der Waals surface area contributed by atoms with Gasteiger partial charge >= 0.3 is 0 Å². The first-order valence-electron chi connectivity index (χ1n) is 7.04. The number of piperidine rings is 1. The lowest BCUT2D eigenvalue weighted by Crippen LogP contribution is -2.43. The predicted molar refractivity (Wildman–Crippen MR) is 76.9 cm³/mol. The van der Waals surface area contributed by atoms with Gasteiger partial charge in [-0.3, -0.25) is 9.36 Å². The highest BCUT2D eigenvalue weighted by molar-refractivity contribution is 5.93. The summed E-state index contributed by atoms with van der Waals surface area (Å²) in [6.45, 7) is 1.84. The minimum Gasteiger partial charge on any atom is -0.348 e. The summed E-state index contributed by atoms with van der Waals surface area (Å²) in [5, 5.41) is 6.29. The Morgan fingerprint density at radius 3 is 2.71 bits per heavy atom. The smallest absolute Gasteiger partial charge is 0.270 e. The maximum atomic E-state index is 13.0. The average molecular weight is 288 g/mol. The van der Waals surface area contributed by atoms with Crippen LogP contribution in [-0.2, 0) is 0 Å². The Balaban J connectivity index is 1.78. The summed E-state index contributed by atoms with van der Waals surface area (Å²) >= 11 is 0. The topological polar surface area (TPSA) is 59.0 Å². The number of aromatic nitrogens is 2. The molecule has 5 nitrogen and oxygen atoms in total. The van der Waals surface area contributed by atoms with Crippen molar-refractivity contribution in [3.8, 4) is 5.69 Å². The molecule has 6 heteroatoms. The molecule has 1 aromatic heterocycles. The summed E-state index contributed by atoms with van der Waals surface area (Å²) in [6.07, 6.45) is 4.94. The lowest BCUT2D eigenvalue weighted by Gasteiger charge is -2.23. The minimum atomic E-state index is -0.306. The first-order valence-corrected chi connectivity index (χ1v) is 7.04. The van der Waals surface area contributed by atoms with Gasteiger partial charge in [0.2, 0.25) is 0 Å². The molecule has 0 atom stereocenters. The van der Waals surface area contributed by atoms with Crippen molar-refractivity contribution in [3.05, 3.63) is 48.3 Å². The van der Waals surface area contributed by atoms with E-state index in [-0.39, 0.29) is 17.8 Å². The van der Waals surface area contributed by atoms with Gasteiger partial charge in [-0.1, -0.05) is 0 Å². The zero-order valence-electron chi connectivity index (χ0n) is 11.6. The fourth-order valence-electron chi connectivity index (χ4n) is 2.50. The first-order chi connectivity index (χ1) is 10.2. The van der Waals surface area contributed by atoms with Crippen LogP contribution in [0, 0.1) is 5.82 Å². The molecule has 0 aliphatic carbocycles. The van der Waals surface area contributed by atoms with E-state index in [1.54, 1.807) is 23.0 Å². The third-order valence-electron chi connectivity index (χ3n) is 3.65. The van der Waals surface area contributed by atoms with Gasteiger partial charge in [-0.15, -0.1) is 0 Å². The molecule has 0 spiro atoms. The summed E-state index contributed by atoms with van der Waals surface area (Å²) < 4.78 is 14.6. The third-order valence-corrected chi connectivity index (χ3v) is 3.65. The molecule has 3 rings (SSSR count). The average Bonchev–Trinajstić information content (AvgIpc) is 2.98. The van der Waals surface area contributed by atoms with E-state index in [0.717, 1.165) is 25.9 Å². The molecule has 0 radical (unpaired) electrons.